The van der Waals surface area contributed by atoms with Crippen LogP contribution in [0.5, 0.6) is 0 Å². The number of rotatable bonds is 5. The molecule has 12 heteroatoms. The fraction of sp³-hybridized carbons (Fsp3) is 0.238. The van der Waals surface area contributed by atoms with Gasteiger partial charge in [0.15, 0.2) is 0 Å². The zero-order valence-electron chi connectivity index (χ0n) is 17.1. The zero-order valence-corrected chi connectivity index (χ0v) is 18.7. The van der Waals surface area contributed by atoms with Crippen molar-refractivity contribution in [1.82, 2.24) is 9.97 Å². The van der Waals surface area contributed by atoms with E-state index in [0.29, 0.717) is 48.5 Å². The monoisotopic (exact) mass is 497 g/mol. The van der Waals surface area contributed by atoms with E-state index in [1.54, 1.807) is 24.3 Å². The largest absolute Gasteiger partial charge is 0.417 e. The molecular weight excluding hydrogens is 479 g/mol. The summed E-state index contributed by atoms with van der Waals surface area (Å²) < 4.78 is 65.6. The summed E-state index contributed by atoms with van der Waals surface area (Å²) in [5.41, 5.74) is -0.466. The van der Waals surface area contributed by atoms with Crippen molar-refractivity contribution in [2.24, 2.45) is 0 Å². The first-order valence-electron chi connectivity index (χ1n) is 9.89. The molecule has 0 atom stereocenters. The fourth-order valence-electron chi connectivity index (χ4n) is 3.39. The van der Waals surface area contributed by atoms with E-state index in [1.165, 1.54) is 24.4 Å². The number of aromatic nitrogens is 2. The van der Waals surface area contributed by atoms with Gasteiger partial charge in [-0.05, 0) is 42.5 Å². The Morgan fingerprint density at radius 3 is 1.97 bits per heavy atom. The highest BCUT2D eigenvalue weighted by molar-refractivity contribution is 7.92. The van der Waals surface area contributed by atoms with Crippen LogP contribution in [-0.2, 0) is 16.2 Å². The van der Waals surface area contributed by atoms with Gasteiger partial charge in [-0.15, -0.1) is 0 Å². The maximum Gasteiger partial charge on any atom is 0.417 e. The number of halogens is 4. The van der Waals surface area contributed by atoms with E-state index in [-0.39, 0.29) is 4.90 Å². The highest BCUT2D eigenvalue weighted by atomic mass is 35.5. The Bertz CT molecular complexity index is 1210. The van der Waals surface area contributed by atoms with Crippen molar-refractivity contribution in [2.45, 2.75) is 11.1 Å². The van der Waals surface area contributed by atoms with E-state index in [1.807, 2.05) is 9.80 Å². The van der Waals surface area contributed by atoms with Gasteiger partial charge in [-0.3, -0.25) is 4.72 Å². The molecule has 1 N–H and O–H groups in total. The Labute approximate surface area is 193 Å². The first kappa shape index (κ1) is 23.1. The van der Waals surface area contributed by atoms with E-state index >= 15 is 0 Å². The average Bonchev–Trinajstić information content (AvgIpc) is 2.79. The molecule has 3 aromatic rings. The van der Waals surface area contributed by atoms with Gasteiger partial charge < -0.3 is 9.80 Å². The molecule has 33 heavy (non-hydrogen) atoms. The molecule has 0 radical (unpaired) electrons. The lowest BCUT2D eigenvalue weighted by Crippen LogP contribution is -2.47. The highest BCUT2D eigenvalue weighted by Crippen LogP contribution is 2.29. The third-order valence-electron chi connectivity index (χ3n) is 5.11. The van der Waals surface area contributed by atoms with Crippen LogP contribution in [0.25, 0.3) is 0 Å². The van der Waals surface area contributed by atoms with E-state index in [0.717, 1.165) is 12.3 Å². The molecule has 1 aliphatic heterocycles. The van der Waals surface area contributed by atoms with Crippen LogP contribution in [0.1, 0.15) is 5.56 Å². The maximum atomic E-state index is 12.7. The van der Waals surface area contributed by atoms with E-state index in [4.69, 9.17) is 11.6 Å². The molecule has 1 fully saturated rings. The van der Waals surface area contributed by atoms with Crippen LogP contribution in [0, 0.1) is 0 Å². The second kappa shape index (κ2) is 9.06. The van der Waals surface area contributed by atoms with Gasteiger partial charge >= 0.3 is 6.18 Å². The first-order chi connectivity index (χ1) is 15.6. The molecule has 4 rings (SSSR count). The molecule has 1 aliphatic rings. The fourth-order valence-corrected chi connectivity index (χ4v) is 4.73. The van der Waals surface area contributed by atoms with Gasteiger partial charge in [0.2, 0.25) is 0 Å². The summed E-state index contributed by atoms with van der Waals surface area (Å²) in [6.45, 7) is 2.29. The number of anilines is 3. The number of alkyl halides is 3. The van der Waals surface area contributed by atoms with Crippen LogP contribution >= 0.6 is 11.6 Å². The summed E-state index contributed by atoms with van der Waals surface area (Å²) >= 11 is 5.87. The Kier molecular flexibility index (Phi) is 6.35. The zero-order chi connectivity index (χ0) is 23.6. The summed E-state index contributed by atoms with van der Waals surface area (Å²) in [6, 6.07) is 11.7. The molecule has 2 aromatic heterocycles. The van der Waals surface area contributed by atoms with Crippen LogP contribution in [0.3, 0.4) is 0 Å². The number of nitrogens with one attached hydrogen (secondary N) is 1. The van der Waals surface area contributed by atoms with Crippen LogP contribution in [-0.4, -0.2) is 44.6 Å². The topological polar surface area (TPSA) is 78.4 Å². The molecule has 7 nitrogen and oxygen atoms in total. The van der Waals surface area contributed by atoms with Crippen LogP contribution in [0.4, 0.5) is 30.5 Å². The second-order valence-electron chi connectivity index (χ2n) is 7.34. The number of pyridine rings is 2. The van der Waals surface area contributed by atoms with Crippen molar-refractivity contribution in [3.05, 3.63) is 71.5 Å². The number of piperazine rings is 1. The van der Waals surface area contributed by atoms with Crippen molar-refractivity contribution in [3.8, 4) is 0 Å². The van der Waals surface area contributed by atoms with Gasteiger partial charge in [-0.2, -0.15) is 13.2 Å². The normalized spacial score (nSPS) is 14.9. The molecule has 3 heterocycles. The Morgan fingerprint density at radius 1 is 0.879 bits per heavy atom. The Hall–Kier alpha value is -3.05. The minimum absolute atomic E-state index is 0.0482. The summed E-state index contributed by atoms with van der Waals surface area (Å²) in [6.07, 6.45) is -2.14. The van der Waals surface area contributed by atoms with Crippen LogP contribution < -0.4 is 14.5 Å². The SMILES string of the molecule is O=S(=O)(Nc1ccc(N2CCN(c3ccc(C(F)(F)F)cn3)CC2)nc1)c1cccc(Cl)c1. The standard InChI is InChI=1S/C21H19ClF3N5O2S/c22-16-2-1-3-18(12-16)33(31,32)28-17-5-7-20(27-14-17)30-10-8-29(9-11-30)19-6-4-15(13-26-19)21(23,24)25/h1-7,12-14,28H,8-11H2. The van der Waals surface area contributed by atoms with Crippen molar-refractivity contribution < 1.29 is 21.6 Å². The van der Waals surface area contributed by atoms with Gasteiger partial charge in [-0.1, -0.05) is 17.7 Å². The van der Waals surface area contributed by atoms with Crippen molar-refractivity contribution in [2.75, 3.05) is 40.7 Å². The average molecular weight is 498 g/mol. The lowest BCUT2D eigenvalue weighted by Gasteiger charge is -2.36. The van der Waals surface area contributed by atoms with E-state index in [9.17, 15) is 21.6 Å². The van der Waals surface area contributed by atoms with E-state index < -0.39 is 21.8 Å². The molecule has 0 saturated carbocycles. The molecular formula is C21H19ClF3N5O2S. The van der Waals surface area contributed by atoms with E-state index in [2.05, 4.69) is 14.7 Å². The highest BCUT2D eigenvalue weighted by Gasteiger charge is 2.31. The third-order valence-corrected chi connectivity index (χ3v) is 6.72. The smallest absolute Gasteiger partial charge is 0.353 e. The predicted octanol–water partition coefficient (Wildman–Crippen LogP) is 4.28. The number of hydrogen-bond donors (Lipinski definition) is 1. The van der Waals surface area contributed by atoms with Crippen LogP contribution in [0.2, 0.25) is 5.02 Å². The molecule has 1 aromatic carbocycles. The Morgan fingerprint density at radius 2 is 1.48 bits per heavy atom. The summed E-state index contributed by atoms with van der Waals surface area (Å²) in [7, 11) is -3.80. The van der Waals surface area contributed by atoms with Gasteiger partial charge in [0.1, 0.15) is 11.6 Å². The number of sulfonamides is 1. The third kappa shape index (κ3) is 5.48. The second-order valence-corrected chi connectivity index (χ2v) is 9.46. The predicted molar refractivity (Wildman–Crippen MR) is 120 cm³/mol. The summed E-state index contributed by atoms with van der Waals surface area (Å²) in [4.78, 5) is 12.3. The Balaban J connectivity index is 1.37. The number of nitrogens with zero attached hydrogens (tertiary/aromatic N) is 4. The van der Waals surface area contributed by atoms with Crippen molar-refractivity contribution in [3.63, 3.8) is 0 Å². The molecule has 0 spiro atoms. The lowest BCUT2D eigenvalue weighted by molar-refractivity contribution is -0.137. The molecule has 0 amide bonds. The van der Waals surface area contributed by atoms with Crippen molar-refractivity contribution in [1.29, 1.82) is 0 Å². The molecule has 1 saturated heterocycles. The number of benzene rings is 1. The molecule has 0 unspecified atom stereocenters. The maximum absolute atomic E-state index is 12.7. The quantitative estimate of drug-likeness (QED) is 0.567. The van der Waals surface area contributed by atoms with Gasteiger partial charge in [0.25, 0.3) is 10.0 Å². The minimum atomic E-state index is -4.41. The lowest BCUT2D eigenvalue weighted by atomic mass is 10.2. The van der Waals surface area contributed by atoms with Gasteiger partial charge in [0, 0.05) is 37.4 Å². The summed E-state index contributed by atoms with van der Waals surface area (Å²) in [5.74, 6) is 1.15. The molecule has 174 valence electrons. The number of hydrogen-bond acceptors (Lipinski definition) is 6. The van der Waals surface area contributed by atoms with Gasteiger partial charge in [0.05, 0.1) is 22.3 Å². The minimum Gasteiger partial charge on any atom is -0.353 e. The molecule has 0 bridgehead atoms. The first-order valence-corrected chi connectivity index (χ1v) is 11.8. The molecule has 0 aliphatic carbocycles. The van der Waals surface area contributed by atoms with Gasteiger partial charge in [-0.25, -0.2) is 18.4 Å². The summed E-state index contributed by atoms with van der Waals surface area (Å²) in [5, 5.41) is 0.317. The van der Waals surface area contributed by atoms with Crippen LogP contribution in [0.15, 0.2) is 65.8 Å². The van der Waals surface area contributed by atoms with Crippen molar-refractivity contribution >= 4 is 38.9 Å².